The van der Waals surface area contributed by atoms with Crippen molar-refractivity contribution in [3.63, 3.8) is 0 Å². The number of aromatic nitrogens is 1. The maximum atomic E-state index is 13.2. The van der Waals surface area contributed by atoms with Crippen molar-refractivity contribution >= 4 is 11.5 Å². The van der Waals surface area contributed by atoms with E-state index in [-0.39, 0.29) is 5.69 Å². The quantitative estimate of drug-likeness (QED) is 0.909. The van der Waals surface area contributed by atoms with E-state index in [0.717, 1.165) is 36.6 Å². The Hall–Kier alpha value is -2.48. The van der Waals surface area contributed by atoms with Gasteiger partial charge in [0.15, 0.2) is 0 Å². The van der Waals surface area contributed by atoms with Gasteiger partial charge in [0, 0.05) is 17.4 Å². The summed E-state index contributed by atoms with van der Waals surface area (Å²) in [6.07, 6.45) is 2.81. The lowest BCUT2D eigenvalue weighted by molar-refractivity contribution is 0.584. The molecule has 5 heteroatoms. The molecule has 0 bridgehead atoms. The number of nitrogens with one attached hydrogen (secondary N) is 1. The smallest absolute Gasteiger partial charge is 0.148 e. The number of pyridine rings is 1. The summed E-state index contributed by atoms with van der Waals surface area (Å²) in [4.78, 5) is 4.40. The van der Waals surface area contributed by atoms with E-state index in [1.165, 1.54) is 12.1 Å². The number of rotatable bonds is 2. The van der Waals surface area contributed by atoms with Crippen LogP contribution in [-0.4, -0.2) is 4.98 Å². The van der Waals surface area contributed by atoms with Gasteiger partial charge in [-0.2, -0.15) is 5.26 Å². The van der Waals surface area contributed by atoms with Crippen LogP contribution in [0.1, 0.15) is 23.2 Å². The van der Waals surface area contributed by atoms with Crippen molar-refractivity contribution in [2.75, 3.05) is 5.32 Å². The molecule has 0 fully saturated rings. The molecule has 3 rings (SSSR count). The zero-order valence-corrected chi connectivity index (χ0v) is 10.6. The largest absolute Gasteiger partial charge is 0.339 e. The Morgan fingerprint density at radius 2 is 1.85 bits per heavy atom. The van der Waals surface area contributed by atoms with Gasteiger partial charge in [0.25, 0.3) is 0 Å². The van der Waals surface area contributed by atoms with Crippen molar-refractivity contribution in [2.24, 2.45) is 0 Å². The Morgan fingerprint density at radius 1 is 1.10 bits per heavy atom. The van der Waals surface area contributed by atoms with Crippen LogP contribution in [0.5, 0.6) is 0 Å². The lowest BCUT2D eigenvalue weighted by Gasteiger charge is -2.10. The highest BCUT2D eigenvalue weighted by Crippen LogP contribution is 2.27. The summed E-state index contributed by atoms with van der Waals surface area (Å²) < 4.78 is 26.3. The van der Waals surface area contributed by atoms with E-state index in [4.69, 9.17) is 5.26 Å². The maximum absolute atomic E-state index is 13.2. The van der Waals surface area contributed by atoms with Crippen molar-refractivity contribution < 1.29 is 8.78 Å². The number of anilines is 2. The minimum absolute atomic E-state index is 0.240. The fourth-order valence-corrected chi connectivity index (χ4v) is 2.42. The van der Waals surface area contributed by atoms with Crippen LogP contribution in [0.15, 0.2) is 24.3 Å². The number of nitriles is 1. The van der Waals surface area contributed by atoms with Crippen molar-refractivity contribution in [1.82, 2.24) is 4.98 Å². The molecule has 0 atom stereocenters. The molecule has 0 spiro atoms. The van der Waals surface area contributed by atoms with Crippen LogP contribution in [-0.2, 0) is 12.8 Å². The molecule has 1 aliphatic rings. The lowest BCUT2D eigenvalue weighted by Crippen LogP contribution is -2.01. The number of benzene rings is 1. The normalized spacial score (nSPS) is 12.8. The molecule has 0 amide bonds. The number of nitrogens with zero attached hydrogens (tertiary/aromatic N) is 2. The van der Waals surface area contributed by atoms with Crippen LogP contribution in [0.3, 0.4) is 0 Å². The molecule has 0 aliphatic heterocycles. The Labute approximate surface area is 114 Å². The highest BCUT2D eigenvalue weighted by Gasteiger charge is 2.16. The topological polar surface area (TPSA) is 48.7 Å². The molecular weight excluding hydrogens is 260 g/mol. The SMILES string of the molecule is N#Cc1cc2c(nc1Nc1cc(F)cc(F)c1)CCC2. The van der Waals surface area contributed by atoms with Crippen LogP contribution in [0.4, 0.5) is 20.3 Å². The Kier molecular flexibility index (Phi) is 3.07. The van der Waals surface area contributed by atoms with E-state index >= 15 is 0 Å². The van der Waals surface area contributed by atoms with E-state index in [1.807, 2.05) is 0 Å². The number of hydrogen-bond acceptors (Lipinski definition) is 3. The average Bonchev–Trinajstić information content (AvgIpc) is 2.83. The van der Waals surface area contributed by atoms with Gasteiger partial charge in [-0.05, 0) is 43.0 Å². The number of aryl methyl sites for hydroxylation is 2. The van der Waals surface area contributed by atoms with Gasteiger partial charge in [-0.1, -0.05) is 0 Å². The van der Waals surface area contributed by atoms with E-state index in [1.54, 1.807) is 6.07 Å². The molecule has 0 radical (unpaired) electrons. The number of hydrogen-bond donors (Lipinski definition) is 1. The van der Waals surface area contributed by atoms with E-state index in [0.29, 0.717) is 11.4 Å². The molecule has 100 valence electrons. The molecule has 1 aromatic carbocycles. The third-order valence-corrected chi connectivity index (χ3v) is 3.30. The molecule has 1 aliphatic carbocycles. The van der Waals surface area contributed by atoms with Gasteiger partial charge < -0.3 is 5.32 Å². The monoisotopic (exact) mass is 271 g/mol. The lowest BCUT2D eigenvalue weighted by atomic mass is 10.1. The van der Waals surface area contributed by atoms with Gasteiger partial charge in [-0.25, -0.2) is 13.8 Å². The van der Waals surface area contributed by atoms with Gasteiger partial charge in [0.05, 0.1) is 5.56 Å². The summed E-state index contributed by atoms with van der Waals surface area (Å²) in [6.45, 7) is 0. The third-order valence-electron chi connectivity index (χ3n) is 3.30. The Morgan fingerprint density at radius 3 is 2.55 bits per heavy atom. The first-order valence-electron chi connectivity index (χ1n) is 6.32. The van der Waals surface area contributed by atoms with Gasteiger partial charge in [-0.15, -0.1) is 0 Å². The highest BCUT2D eigenvalue weighted by molar-refractivity contribution is 5.64. The first-order valence-corrected chi connectivity index (χ1v) is 6.32. The zero-order chi connectivity index (χ0) is 14.1. The fourth-order valence-electron chi connectivity index (χ4n) is 2.42. The van der Waals surface area contributed by atoms with Crippen LogP contribution in [0.25, 0.3) is 0 Å². The highest BCUT2D eigenvalue weighted by atomic mass is 19.1. The van der Waals surface area contributed by atoms with Gasteiger partial charge in [0.2, 0.25) is 0 Å². The second-order valence-corrected chi connectivity index (χ2v) is 4.74. The second-order valence-electron chi connectivity index (χ2n) is 4.74. The Bertz CT molecular complexity index is 700. The third kappa shape index (κ3) is 2.32. The van der Waals surface area contributed by atoms with Crippen LogP contribution in [0, 0.1) is 23.0 Å². The predicted octanol–water partition coefficient (Wildman–Crippen LogP) is 3.46. The molecule has 0 saturated heterocycles. The first-order chi connectivity index (χ1) is 9.65. The molecular formula is C15H11F2N3. The van der Waals surface area contributed by atoms with Crippen molar-refractivity contribution in [3.05, 3.63) is 52.7 Å². The van der Waals surface area contributed by atoms with E-state index in [9.17, 15) is 8.78 Å². The number of halogens is 2. The molecule has 0 unspecified atom stereocenters. The fraction of sp³-hybridized carbons (Fsp3) is 0.200. The standard InChI is InChI=1S/C15H11F2N3/c16-11-5-12(17)7-13(6-11)19-15-10(8-18)4-9-2-1-3-14(9)20-15/h4-7H,1-3H2,(H,19,20). The maximum Gasteiger partial charge on any atom is 0.148 e. The average molecular weight is 271 g/mol. The van der Waals surface area contributed by atoms with Crippen molar-refractivity contribution in [2.45, 2.75) is 19.3 Å². The molecule has 3 nitrogen and oxygen atoms in total. The van der Waals surface area contributed by atoms with Crippen LogP contribution < -0.4 is 5.32 Å². The minimum atomic E-state index is -0.674. The van der Waals surface area contributed by atoms with Crippen LogP contribution >= 0.6 is 0 Å². The zero-order valence-electron chi connectivity index (χ0n) is 10.6. The van der Waals surface area contributed by atoms with Gasteiger partial charge in [-0.3, -0.25) is 0 Å². The summed E-state index contributed by atoms with van der Waals surface area (Å²) in [5.74, 6) is -1.00. The second kappa shape index (κ2) is 4.89. The van der Waals surface area contributed by atoms with E-state index < -0.39 is 11.6 Å². The summed E-state index contributed by atoms with van der Waals surface area (Å²) in [7, 11) is 0. The molecule has 1 aromatic heterocycles. The molecule has 0 saturated carbocycles. The summed E-state index contributed by atoms with van der Waals surface area (Å²) in [5, 5.41) is 12.0. The van der Waals surface area contributed by atoms with Crippen molar-refractivity contribution in [3.8, 4) is 6.07 Å². The van der Waals surface area contributed by atoms with E-state index in [2.05, 4.69) is 16.4 Å². The Balaban J connectivity index is 2.00. The van der Waals surface area contributed by atoms with Crippen molar-refractivity contribution in [1.29, 1.82) is 5.26 Å². The first kappa shape index (κ1) is 12.5. The molecule has 1 heterocycles. The summed E-state index contributed by atoms with van der Waals surface area (Å²) in [5.41, 5.74) is 2.65. The molecule has 1 N–H and O–H groups in total. The summed E-state index contributed by atoms with van der Waals surface area (Å²) >= 11 is 0. The van der Waals surface area contributed by atoms with Crippen LogP contribution in [0.2, 0.25) is 0 Å². The molecule has 2 aromatic rings. The minimum Gasteiger partial charge on any atom is -0.339 e. The summed E-state index contributed by atoms with van der Waals surface area (Å²) in [6, 6.07) is 6.99. The van der Waals surface area contributed by atoms with Gasteiger partial charge in [0.1, 0.15) is 23.5 Å². The molecule has 20 heavy (non-hydrogen) atoms. The van der Waals surface area contributed by atoms with Gasteiger partial charge >= 0.3 is 0 Å². The predicted molar refractivity (Wildman–Crippen MR) is 70.6 cm³/mol. The number of fused-ring (bicyclic) bond motifs is 1.